The van der Waals surface area contributed by atoms with Gasteiger partial charge >= 0.3 is 0 Å². The maximum absolute atomic E-state index is 5.67. The van der Waals surface area contributed by atoms with Gasteiger partial charge in [0.05, 0.1) is 0 Å². The SMILES string of the molecule is CC(C)CN(CCN(C)C)c1cc(N)ns1. The quantitative estimate of drug-likeness (QED) is 0.825. The van der Waals surface area contributed by atoms with Gasteiger partial charge in [-0.25, -0.2) is 0 Å². The van der Waals surface area contributed by atoms with Crippen molar-refractivity contribution in [2.45, 2.75) is 13.8 Å². The fourth-order valence-electron chi connectivity index (χ4n) is 1.48. The zero-order chi connectivity index (χ0) is 12.1. The van der Waals surface area contributed by atoms with Crippen molar-refractivity contribution >= 4 is 22.4 Å². The Kier molecular flexibility index (Phi) is 5.02. The molecule has 1 heterocycles. The molecule has 1 aromatic rings. The van der Waals surface area contributed by atoms with Gasteiger partial charge in [-0.2, -0.15) is 4.37 Å². The minimum absolute atomic E-state index is 0.624. The van der Waals surface area contributed by atoms with E-state index in [1.165, 1.54) is 16.5 Å². The first kappa shape index (κ1) is 13.3. The van der Waals surface area contributed by atoms with E-state index in [1.54, 1.807) is 0 Å². The van der Waals surface area contributed by atoms with Crippen molar-refractivity contribution in [1.29, 1.82) is 0 Å². The third-order valence-electron chi connectivity index (χ3n) is 2.23. The Bertz CT molecular complexity index is 309. The highest BCUT2D eigenvalue weighted by Gasteiger charge is 2.11. The van der Waals surface area contributed by atoms with Crippen molar-refractivity contribution in [2.24, 2.45) is 5.92 Å². The molecule has 0 saturated carbocycles. The number of hydrogen-bond acceptors (Lipinski definition) is 5. The van der Waals surface area contributed by atoms with Crippen LogP contribution < -0.4 is 10.6 Å². The summed E-state index contributed by atoms with van der Waals surface area (Å²) in [6.45, 7) is 7.58. The van der Waals surface area contributed by atoms with Gasteiger partial charge in [-0.05, 0) is 31.5 Å². The van der Waals surface area contributed by atoms with E-state index in [2.05, 4.69) is 42.1 Å². The first-order chi connectivity index (χ1) is 7.49. The molecule has 5 heteroatoms. The molecule has 2 N–H and O–H groups in total. The molecule has 1 aromatic heterocycles. The van der Waals surface area contributed by atoms with Gasteiger partial charge in [-0.1, -0.05) is 13.8 Å². The van der Waals surface area contributed by atoms with E-state index in [-0.39, 0.29) is 0 Å². The fraction of sp³-hybridized carbons (Fsp3) is 0.727. The summed E-state index contributed by atoms with van der Waals surface area (Å²) in [6, 6.07) is 1.96. The van der Waals surface area contributed by atoms with Crippen LogP contribution in [0.1, 0.15) is 13.8 Å². The van der Waals surface area contributed by atoms with Crippen LogP contribution >= 0.6 is 11.5 Å². The molecular formula is C11H22N4S. The summed E-state index contributed by atoms with van der Waals surface area (Å²) in [6.07, 6.45) is 0. The van der Waals surface area contributed by atoms with Crippen LogP contribution in [-0.2, 0) is 0 Å². The average molecular weight is 242 g/mol. The molecule has 1 rings (SSSR count). The summed E-state index contributed by atoms with van der Waals surface area (Å²) in [4.78, 5) is 4.55. The summed E-state index contributed by atoms with van der Waals surface area (Å²) in [5.74, 6) is 1.27. The Morgan fingerprint density at radius 1 is 1.38 bits per heavy atom. The van der Waals surface area contributed by atoms with Crippen LogP contribution in [0.5, 0.6) is 0 Å². The predicted molar refractivity (Wildman–Crippen MR) is 72.1 cm³/mol. The maximum Gasteiger partial charge on any atom is 0.139 e. The normalized spacial score (nSPS) is 11.4. The summed E-state index contributed by atoms with van der Waals surface area (Å²) in [7, 11) is 4.18. The van der Waals surface area contributed by atoms with E-state index >= 15 is 0 Å². The number of nitrogens with two attached hydrogens (primary N) is 1. The molecule has 0 fully saturated rings. The highest BCUT2D eigenvalue weighted by Crippen LogP contribution is 2.23. The highest BCUT2D eigenvalue weighted by molar-refractivity contribution is 7.10. The smallest absolute Gasteiger partial charge is 0.139 e. The van der Waals surface area contributed by atoms with Crippen molar-refractivity contribution in [3.63, 3.8) is 0 Å². The summed E-state index contributed by atoms with van der Waals surface area (Å²) < 4.78 is 4.14. The van der Waals surface area contributed by atoms with Crippen molar-refractivity contribution in [3.05, 3.63) is 6.07 Å². The number of nitrogens with zero attached hydrogens (tertiary/aromatic N) is 3. The van der Waals surface area contributed by atoms with E-state index in [9.17, 15) is 0 Å². The standard InChI is InChI=1S/C11H22N4S/c1-9(2)8-15(6-5-14(3)4)11-7-10(12)13-16-11/h7,9H,5-6,8H2,1-4H3,(H2,12,13). The van der Waals surface area contributed by atoms with Crippen LogP contribution in [0.15, 0.2) is 6.07 Å². The lowest BCUT2D eigenvalue weighted by Crippen LogP contribution is -2.33. The minimum Gasteiger partial charge on any atom is -0.383 e. The Labute approximate surface area is 102 Å². The van der Waals surface area contributed by atoms with E-state index in [0.717, 1.165) is 19.6 Å². The number of anilines is 2. The van der Waals surface area contributed by atoms with Gasteiger partial charge in [-0.15, -0.1) is 0 Å². The monoisotopic (exact) mass is 242 g/mol. The van der Waals surface area contributed by atoms with Gasteiger partial charge < -0.3 is 15.5 Å². The fourth-order valence-corrected chi connectivity index (χ4v) is 2.19. The molecule has 0 aliphatic carbocycles. The number of aromatic nitrogens is 1. The summed E-state index contributed by atoms with van der Waals surface area (Å²) in [5.41, 5.74) is 5.67. The zero-order valence-corrected chi connectivity index (χ0v) is 11.4. The first-order valence-electron chi connectivity index (χ1n) is 5.61. The van der Waals surface area contributed by atoms with Gasteiger partial charge in [0, 0.05) is 25.7 Å². The number of likely N-dealkylation sites (N-methyl/N-ethyl adjacent to an activating group) is 1. The Morgan fingerprint density at radius 2 is 2.06 bits per heavy atom. The second kappa shape index (κ2) is 6.06. The average Bonchev–Trinajstić information content (AvgIpc) is 2.58. The van der Waals surface area contributed by atoms with Crippen LogP contribution in [0, 0.1) is 5.92 Å². The van der Waals surface area contributed by atoms with Gasteiger partial charge in [0.15, 0.2) is 0 Å². The third kappa shape index (κ3) is 4.37. The van der Waals surface area contributed by atoms with Crippen LogP contribution in [0.2, 0.25) is 0 Å². The van der Waals surface area contributed by atoms with Crippen molar-refractivity contribution in [3.8, 4) is 0 Å². The lowest BCUT2D eigenvalue weighted by atomic mass is 10.2. The zero-order valence-electron chi connectivity index (χ0n) is 10.6. The van der Waals surface area contributed by atoms with E-state index in [4.69, 9.17) is 5.73 Å². The molecule has 0 aliphatic rings. The Morgan fingerprint density at radius 3 is 2.50 bits per heavy atom. The van der Waals surface area contributed by atoms with Crippen LogP contribution in [0.4, 0.5) is 10.8 Å². The molecule has 0 spiro atoms. The number of rotatable bonds is 6. The lowest BCUT2D eigenvalue weighted by molar-refractivity contribution is 0.409. The first-order valence-corrected chi connectivity index (χ1v) is 6.38. The molecule has 0 atom stereocenters. The van der Waals surface area contributed by atoms with E-state index < -0.39 is 0 Å². The van der Waals surface area contributed by atoms with Crippen LogP contribution in [0.3, 0.4) is 0 Å². The maximum atomic E-state index is 5.67. The largest absolute Gasteiger partial charge is 0.383 e. The molecule has 0 bridgehead atoms. The molecule has 16 heavy (non-hydrogen) atoms. The van der Waals surface area contributed by atoms with Crippen molar-refractivity contribution in [2.75, 3.05) is 44.4 Å². The van der Waals surface area contributed by atoms with Crippen LogP contribution in [0.25, 0.3) is 0 Å². The van der Waals surface area contributed by atoms with Crippen molar-refractivity contribution in [1.82, 2.24) is 9.27 Å². The van der Waals surface area contributed by atoms with Gasteiger partial charge in [0.2, 0.25) is 0 Å². The number of nitrogen functional groups attached to an aromatic ring is 1. The summed E-state index contributed by atoms with van der Waals surface area (Å²) >= 11 is 1.48. The summed E-state index contributed by atoms with van der Waals surface area (Å²) in [5, 5.41) is 1.17. The second-order valence-corrected chi connectivity index (χ2v) is 5.52. The van der Waals surface area contributed by atoms with Crippen LogP contribution in [-0.4, -0.2) is 43.0 Å². The molecule has 92 valence electrons. The van der Waals surface area contributed by atoms with Gasteiger partial charge in [-0.3, -0.25) is 0 Å². The molecule has 4 nitrogen and oxygen atoms in total. The Hall–Kier alpha value is -0.810. The highest BCUT2D eigenvalue weighted by atomic mass is 32.1. The third-order valence-corrected chi connectivity index (χ3v) is 3.10. The second-order valence-electron chi connectivity index (χ2n) is 4.73. The van der Waals surface area contributed by atoms with Gasteiger partial charge in [0.1, 0.15) is 10.8 Å². The van der Waals surface area contributed by atoms with Crippen molar-refractivity contribution < 1.29 is 0 Å². The Balaban J connectivity index is 2.63. The minimum atomic E-state index is 0.624. The predicted octanol–water partition coefficient (Wildman–Crippen LogP) is 1.75. The van der Waals surface area contributed by atoms with E-state index in [1.807, 2.05) is 6.07 Å². The number of hydrogen-bond donors (Lipinski definition) is 1. The molecule has 0 amide bonds. The molecule has 0 radical (unpaired) electrons. The molecule has 0 unspecified atom stereocenters. The molecule has 0 saturated heterocycles. The molecule has 0 aliphatic heterocycles. The lowest BCUT2D eigenvalue weighted by Gasteiger charge is -2.26. The molecular weight excluding hydrogens is 220 g/mol. The molecule has 0 aromatic carbocycles. The van der Waals surface area contributed by atoms with Gasteiger partial charge in [0.25, 0.3) is 0 Å². The topological polar surface area (TPSA) is 45.4 Å². The van der Waals surface area contributed by atoms with E-state index in [0.29, 0.717) is 11.7 Å².